The zero-order chi connectivity index (χ0) is 21.3. The third kappa shape index (κ3) is 4.61. The summed E-state index contributed by atoms with van der Waals surface area (Å²) < 4.78 is 39.9. The monoisotopic (exact) mass is 428 g/mol. The molecule has 2 heterocycles. The molecule has 29 heavy (non-hydrogen) atoms. The molecule has 0 unspecified atom stereocenters. The quantitative estimate of drug-likeness (QED) is 0.766. The van der Waals surface area contributed by atoms with Crippen molar-refractivity contribution in [2.45, 2.75) is 38.5 Å². The van der Waals surface area contributed by atoms with Gasteiger partial charge in [-0.1, -0.05) is 0 Å². The maximum atomic E-state index is 12.8. The second-order valence-electron chi connectivity index (χ2n) is 6.71. The molecule has 7 nitrogen and oxygen atoms in total. The van der Waals surface area contributed by atoms with E-state index in [1.165, 1.54) is 28.4 Å². The largest absolute Gasteiger partial charge is 0.465 e. The number of benzene rings is 1. The molecule has 11 heteroatoms. The lowest BCUT2D eigenvalue weighted by atomic mass is 10.1. The van der Waals surface area contributed by atoms with Crippen LogP contribution in [0.2, 0.25) is 0 Å². The lowest BCUT2D eigenvalue weighted by molar-refractivity contribution is -0.137. The second kappa shape index (κ2) is 7.90. The van der Waals surface area contributed by atoms with Crippen LogP contribution in [0.3, 0.4) is 0 Å². The summed E-state index contributed by atoms with van der Waals surface area (Å²) >= 11 is 1.24. The van der Waals surface area contributed by atoms with Gasteiger partial charge in [0.25, 0.3) is 0 Å². The summed E-state index contributed by atoms with van der Waals surface area (Å²) in [7, 11) is 0. The summed E-state index contributed by atoms with van der Waals surface area (Å²) in [4.78, 5) is 30.3. The first kappa shape index (κ1) is 20.9. The highest BCUT2D eigenvalue weighted by Crippen LogP contribution is 2.29. The first-order valence-corrected chi connectivity index (χ1v) is 9.59. The highest BCUT2D eigenvalue weighted by molar-refractivity contribution is 7.09. The van der Waals surface area contributed by atoms with Crippen molar-refractivity contribution in [1.29, 1.82) is 0 Å². The number of urea groups is 1. The van der Waals surface area contributed by atoms with E-state index in [-0.39, 0.29) is 12.1 Å². The van der Waals surface area contributed by atoms with Crippen molar-refractivity contribution in [2.24, 2.45) is 4.99 Å². The van der Waals surface area contributed by atoms with Crippen molar-refractivity contribution >= 4 is 23.5 Å². The summed E-state index contributed by atoms with van der Waals surface area (Å²) in [5, 5.41) is 11.3. The number of hydrogen-bond donors (Lipinski definition) is 2. The zero-order valence-electron chi connectivity index (χ0n) is 15.6. The van der Waals surface area contributed by atoms with Crippen LogP contribution in [0.15, 0.2) is 35.5 Å². The molecule has 1 aliphatic heterocycles. The Balaban J connectivity index is 1.88. The molecule has 0 bridgehead atoms. The van der Waals surface area contributed by atoms with Crippen LogP contribution in [-0.4, -0.2) is 45.3 Å². The van der Waals surface area contributed by atoms with E-state index in [0.29, 0.717) is 23.5 Å². The molecule has 1 fully saturated rings. The highest BCUT2D eigenvalue weighted by atomic mass is 32.1. The van der Waals surface area contributed by atoms with Gasteiger partial charge in [-0.05, 0) is 44.5 Å². The number of likely N-dealkylation sites (tertiary alicyclic amines) is 1. The number of carboxylic acid groups (broad SMARTS) is 1. The summed E-state index contributed by atoms with van der Waals surface area (Å²) in [6.45, 7) is 3.91. The maximum Gasteiger partial charge on any atom is 0.416 e. The van der Waals surface area contributed by atoms with Crippen LogP contribution in [0, 0.1) is 6.92 Å². The third-order valence-electron chi connectivity index (χ3n) is 4.74. The molecule has 0 radical (unpaired) electrons. The normalized spacial score (nSPS) is 20.2. The van der Waals surface area contributed by atoms with Crippen molar-refractivity contribution in [3.8, 4) is 5.69 Å². The number of aryl methyl sites for hydroxylation is 1. The molecule has 3 amide bonds. The molecule has 1 aliphatic rings. The van der Waals surface area contributed by atoms with Crippen LogP contribution in [0.1, 0.15) is 23.8 Å². The van der Waals surface area contributed by atoms with E-state index in [1.54, 1.807) is 24.6 Å². The summed E-state index contributed by atoms with van der Waals surface area (Å²) in [6, 6.07) is 3.35. The van der Waals surface area contributed by atoms with Gasteiger partial charge in [0, 0.05) is 23.3 Å². The fraction of sp³-hybridized carbons (Fsp3) is 0.389. The number of nitrogens with one attached hydrogen (secondary N) is 1. The van der Waals surface area contributed by atoms with Crippen LogP contribution in [0.25, 0.3) is 5.69 Å². The van der Waals surface area contributed by atoms with E-state index >= 15 is 0 Å². The molecule has 0 aliphatic carbocycles. The van der Waals surface area contributed by atoms with Gasteiger partial charge in [-0.3, -0.25) is 4.57 Å². The van der Waals surface area contributed by atoms with Gasteiger partial charge in [0.15, 0.2) is 4.80 Å². The Morgan fingerprint density at radius 2 is 1.93 bits per heavy atom. The third-order valence-corrected chi connectivity index (χ3v) is 5.64. The minimum absolute atomic E-state index is 0.328. The number of carbonyl (C=O) groups excluding carboxylic acids is 1. The van der Waals surface area contributed by atoms with E-state index in [0.717, 1.165) is 17.0 Å². The molecular weight excluding hydrogens is 409 g/mol. The minimum atomic E-state index is -4.43. The molecule has 1 aromatic carbocycles. The predicted octanol–water partition coefficient (Wildman–Crippen LogP) is 3.62. The second-order valence-corrected chi connectivity index (χ2v) is 7.93. The molecule has 3 rings (SSSR count). The van der Waals surface area contributed by atoms with Gasteiger partial charge < -0.3 is 15.3 Å². The first-order valence-electron chi connectivity index (χ1n) is 8.78. The minimum Gasteiger partial charge on any atom is -0.465 e. The zero-order valence-corrected chi connectivity index (χ0v) is 16.4. The maximum absolute atomic E-state index is 12.8. The predicted molar refractivity (Wildman–Crippen MR) is 100 cm³/mol. The molecule has 1 saturated heterocycles. The number of alkyl halides is 3. The SMILES string of the molecule is Cc1cn(-c2ccc(C(F)(F)F)cc2)/c(=N/C(=O)N2CC[C@H](NC(=O)O)[C@H]2C)s1. The Labute approximate surface area is 168 Å². The van der Waals surface area contributed by atoms with Gasteiger partial charge in [0.1, 0.15) is 0 Å². The average Bonchev–Trinajstić information content (AvgIpc) is 3.17. The lowest BCUT2D eigenvalue weighted by Crippen LogP contribution is -2.44. The number of halogens is 3. The fourth-order valence-electron chi connectivity index (χ4n) is 3.24. The molecule has 0 spiro atoms. The Morgan fingerprint density at radius 3 is 2.52 bits per heavy atom. The van der Waals surface area contributed by atoms with Crippen LogP contribution in [-0.2, 0) is 6.18 Å². The molecule has 0 saturated carbocycles. The standard InChI is InChI=1S/C18H19F3N4O3S/c1-10-9-25(13-5-3-12(4-6-13)18(19,20)21)16(29-10)23-15(26)24-8-7-14(11(24)2)22-17(27)28/h3-6,9,11,14,22H,7-8H2,1-2H3,(H,27,28)/b23-16-/t11-,14+/m1/s1. The Kier molecular flexibility index (Phi) is 5.69. The van der Waals surface area contributed by atoms with Crippen molar-refractivity contribution in [1.82, 2.24) is 14.8 Å². The summed E-state index contributed by atoms with van der Waals surface area (Å²) in [5.41, 5.74) is -0.306. The van der Waals surface area contributed by atoms with Crippen molar-refractivity contribution in [3.63, 3.8) is 0 Å². The van der Waals surface area contributed by atoms with Gasteiger partial charge in [-0.2, -0.15) is 18.2 Å². The Morgan fingerprint density at radius 1 is 1.28 bits per heavy atom. The van der Waals surface area contributed by atoms with E-state index in [4.69, 9.17) is 5.11 Å². The van der Waals surface area contributed by atoms with Crippen molar-refractivity contribution in [2.75, 3.05) is 6.54 Å². The smallest absolute Gasteiger partial charge is 0.416 e. The highest BCUT2D eigenvalue weighted by Gasteiger charge is 2.35. The fourth-order valence-corrected chi connectivity index (χ4v) is 4.06. The Hall–Kier alpha value is -2.82. The number of rotatable bonds is 2. The molecule has 2 aromatic rings. The number of thiazole rings is 1. The molecule has 2 N–H and O–H groups in total. The Bertz CT molecular complexity index is 981. The van der Waals surface area contributed by atoms with E-state index in [1.807, 2.05) is 0 Å². The first-order chi connectivity index (χ1) is 13.6. The summed E-state index contributed by atoms with van der Waals surface area (Å²) in [5.74, 6) is 0. The number of aromatic nitrogens is 1. The van der Waals surface area contributed by atoms with Crippen LogP contribution in [0.5, 0.6) is 0 Å². The molecule has 2 atom stereocenters. The van der Waals surface area contributed by atoms with Gasteiger partial charge in [-0.25, -0.2) is 9.59 Å². The summed E-state index contributed by atoms with van der Waals surface area (Å²) in [6.07, 6.45) is -3.40. The van der Waals surface area contributed by atoms with Crippen LogP contribution < -0.4 is 10.1 Å². The van der Waals surface area contributed by atoms with E-state index < -0.39 is 23.9 Å². The number of nitrogens with zero attached hydrogens (tertiary/aromatic N) is 3. The topological polar surface area (TPSA) is 86.9 Å². The number of hydrogen-bond acceptors (Lipinski definition) is 3. The molecular formula is C18H19F3N4O3S. The molecule has 1 aromatic heterocycles. The van der Waals surface area contributed by atoms with Crippen molar-refractivity contribution < 1.29 is 27.9 Å². The van der Waals surface area contributed by atoms with Crippen molar-refractivity contribution in [3.05, 3.63) is 45.7 Å². The van der Waals surface area contributed by atoms with E-state index in [9.17, 15) is 22.8 Å². The van der Waals surface area contributed by atoms with Crippen LogP contribution in [0.4, 0.5) is 22.8 Å². The van der Waals surface area contributed by atoms with Crippen LogP contribution >= 0.6 is 11.3 Å². The average molecular weight is 428 g/mol. The van der Waals surface area contributed by atoms with Gasteiger partial charge in [0.2, 0.25) is 0 Å². The lowest BCUT2D eigenvalue weighted by Gasteiger charge is -2.22. The number of carbonyl (C=O) groups is 2. The van der Waals surface area contributed by atoms with Gasteiger partial charge in [-0.15, -0.1) is 11.3 Å². The molecule has 156 valence electrons. The van der Waals surface area contributed by atoms with Gasteiger partial charge in [0.05, 0.1) is 17.6 Å². The van der Waals surface area contributed by atoms with E-state index in [2.05, 4.69) is 10.3 Å². The number of amides is 3. The van der Waals surface area contributed by atoms with Gasteiger partial charge >= 0.3 is 18.3 Å².